The first-order valence-corrected chi connectivity index (χ1v) is 13.3. The van der Waals surface area contributed by atoms with Crippen LogP contribution in [0.5, 0.6) is 0 Å². The summed E-state index contributed by atoms with van der Waals surface area (Å²) in [6, 6.07) is 16.3. The Kier molecular flexibility index (Phi) is 10.2. The van der Waals surface area contributed by atoms with E-state index in [1.54, 1.807) is 19.0 Å². The lowest BCUT2D eigenvalue weighted by Gasteiger charge is -2.34. The molecule has 1 saturated heterocycles. The van der Waals surface area contributed by atoms with E-state index in [2.05, 4.69) is 29.2 Å². The van der Waals surface area contributed by atoms with Gasteiger partial charge in [0.15, 0.2) is 6.61 Å². The maximum Gasteiger partial charge on any atom is 0.411 e. The summed E-state index contributed by atoms with van der Waals surface area (Å²) < 4.78 is 5.35. The molecule has 9 heteroatoms. The maximum absolute atomic E-state index is 12.8. The normalized spacial score (nSPS) is 14.5. The van der Waals surface area contributed by atoms with Crippen molar-refractivity contribution in [2.45, 2.75) is 39.3 Å². The number of rotatable bonds is 7. The van der Waals surface area contributed by atoms with Gasteiger partial charge < -0.3 is 14.5 Å². The molecule has 0 atom stereocenters. The Morgan fingerprint density at radius 3 is 2.08 bits per heavy atom. The third-order valence-electron chi connectivity index (χ3n) is 6.62. The number of benzene rings is 2. The summed E-state index contributed by atoms with van der Waals surface area (Å²) >= 11 is 6.00. The van der Waals surface area contributed by atoms with Gasteiger partial charge in [-0.3, -0.25) is 19.4 Å². The second-order valence-corrected chi connectivity index (χ2v) is 11.3. The van der Waals surface area contributed by atoms with Crippen molar-refractivity contribution in [3.63, 3.8) is 0 Å². The van der Waals surface area contributed by atoms with Crippen LogP contribution in [0.3, 0.4) is 0 Å². The molecule has 2 aromatic carbocycles. The predicted octanol–water partition coefficient (Wildman–Crippen LogP) is 4.37. The van der Waals surface area contributed by atoms with Crippen molar-refractivity contribution in [1.29, 1.82) is 0 Å². The summed E-state index contributed by atoms with van der Waals surface area (Å²) in [6.07, 6.45) is 0.174. The Hall–Kier alpha value is -3.10. The molecule has 1 aliphatic heterocycles. The number of hydrogen-bond donors (Lipinski definition) is 0. The molecule has 0 aliphatic carbocycles. The van der Waals surface area contributed by atoms with E-state index < -0.39 is 11.6 Å². The van der Waals surface area contributed by atoms with Crippen LogP contribution in [-0.4, -0.2) is 96.5 Å². The molecule has 0 radical (unpaired) electrons. The monoisotopic (exact) mass is 542 g/mol. The molecule has 0 aromatic heterocycles. The predicted molar refractivity (Wildman–Crippen MR) is 150 cm³/mol. The van der Waals surface area contributed by atoms with E-state index in [4.69, 9.17) is 16.3 Å². The van der Waals surface area contributed by atoms with Crippen molar-refractivity contribution in [2.24, 2.45) is 0 Å². The smallest absolute Gasteiger partial charge is 0.411 e. The van der Waals surface area contributed by atoms with Crippen LogP contribution in [0.2, 0.25) is 5.02 Å². The Morgan fingerprint density at radius 2 is 1.50 bits per heavy atom. The second-order valence-electron chi connectivity index (χ2n) is 10.8. The highest BCUT2D eigenvalue weighted by atomic mass is 35.5. The first-order valence-electron chi connectivity index (χ1n) is 12.9. The summed E-state index contributed by atoms with van der Waals surface area (Å²) in [5.41, 5.74) is 2.86. The molecule has 0 saturated carbocycles. The van der Waals surface area contributed by atoms with Crippen LogP contribution < -0.4 is 0 Å². The van der Waals surface area contributed by atoms with Crippen molar-refractivity contribution in [1.82, 2.24) is 19.6 Å². The Labute approximate surface area is 231 Å². The molecule has 0 bridgehead atoms. The minimum absolute atomic E-state index is 0.108. The van der Waals surface area contributed by atoms with E-state index in [9.17, 15) is 14.4 Å². The number of amides is 3. The van der Waals surface area contributed by atoms with Crippen LogP contribution >= 0.6 is 11.6 Å². The molecule has 1 fully saturated rings. The van der Waals surface area contributed by atoms with Crippen LogP contribution in [0, 0.1) is 0 Å². The van der Waals surface area contributed by atoms with Crippen LogP contribution in [0.15, 0.2) is 48.5 Å². The molecular weight excluding hydrogens is 504 g/mol. The molecule has 0 spiro atoms. The molecule has 1 aliphatic rings. The first-order chi connectivity index (χ1) is 17.9. The third kappa shape index (κ3) is 8.46. The van der Waals surface area contributed by atoms with Crippen molar-refractivity contribution in [2.75, 3.05) is 53.4 Å². The van der Waals surface area contributed by atoms with E-state index >= 15 is 0 Å². The number of likely N-dealkylation sites (N-methyl/N-ethyl adjacent to an activating group) is 1. The van der Waals surface area contributed by atoms with E-state index in [-0.39, 0.29) is 25.0 Å². The SMILES string of the molecule is CN(C)C(=O)CN(C(=O)OCC(=O)N1CCCN(Cc2ccc(-c3ccc(Cl)cc3)cc2)CC1)C(C)(C)C. The van der Waals surface area contributed by atoms with Crippen LogP contribution in [0.1, 0.15) is 32.8 Å². The summed E-state index contributed by atoms with van der Waals surface area (Å²) in [5.74, 6) is -0.434. The Morgan fingerprint density at radius 1 is 0.895 bits per heavy atom. The van der Waals surface area contributed by atoms with Crippen LogP contribution in [-0.2, 0) is 20.9 Å². The van der Waals surface area contributed by atoms with Crippen molar-refractivity contribution in [3.05, 3.63) is 59.1 Å². The van der Waals surface area contributed by atoms with E-state index in [0.717, 1.165) is 42.2 Å². The Bertz CT molecular complexity index is 1100. The Balaban J connectivity index is 1.49. The fourth-order valence-corrected chi connectivity index (χ4v) is 4.35. The highest BCUT2D eigenvalue weighted by Crippen LogP contribution is 2.22. The number of ether oxygens (including phenoxy) is 1. The van der Waals surface area contributed by atoms with E-state index in [1.807, 2.05) is 45.0 Å². The van der Waals surface area contributed by atoms with Gasteiger partial charge in [0.05, 0.1) is 0 Å². The van der Waals surface area contributed by atoms with Crippen LogP contribution in [0.4, 0.5) is 4.79 Å². The number of halogens is 1. The lowest BCUT2D eigenvalue weighted by Crippen LogP contribution is -2.51. The largest absolute Gasteiger partial charge is 0.439 e. The number of carbonyl (C=O) groups is 3. The number of carbonyl (C=O) groups excluding carboxylic acids is 3. The van der Waals surface area contributed by atoms with Gasteiger partial charge in [-0.05, 0) is 56.0 Å². The maximum atomic E-state index is 12.8. The van der Waals surface area contributed by atoms with E-state index in [1.165, 1.54) is 15.4 Å². The summed E-state index contributed by atoms with van der Waals surface area (Å²) in [7, 11) is 3.27. The summed E-state index contributed by atoms with van der Waals surface area (Å²) in [4.78, 5) is 44.6. The topological polar surface area (TPSA) is 73.4 Å². The third-order valence-corrected chi connectivity index (χ3v) is 6.87. The first kappa shape index (κ1) is 29.5. The molecular formula is C29H39ClN4O4. The minimum atomic E-state index is -0.667. The van der Waals surface area contributed by atoms with Gasteiger partial charge in [0.25, 0.3) is 5.91 Å². The molecule has 0 N–H and O–H groups in total. The number of nitrogens with zero attached hydrogens (tertiary/aromatic N) is 4. The van der Waals surface area contributed by atoms with E-state index in [0.29, 0.717) is 13.1 Å². The lowest BCUT2D eigenvalue weighted by atomic mass is 10.0. The average Bonchev–Trinajstić information content (AvgIpc) is 3.11. The van der Waals surface area contributed by atoms with Gasteiger partial charge in [0.1, 0.15) is 6.54 Å². The van der Waals surface area contributed by atoms with Crippen LogP contribution in [0.25, 0.3) is 11.1 Å². The van der Waals surface area contributed by atoms with Gasteiger partial charge in [-0.25, -0.2) is 4.79 Å². The highest BCUT2D eigenvalue weighted by Gasteiger charge is 2.31. The second kappa shape index (κ2) is 13.1. The van der Waals surface area contributed by atoms with Crippen molar-refractivity contribution in [3.8, 4) is 11.1 Å². The molecule has 8 nitrogen and oxygen atoms in total. The molecule has 0 unspecified atom stereocenters. The van der Waals surface area contributed by atoms with Gasteiger partial charge in [0.2, 0.25) is 5.91 Å². The van der Waals surface area contributed by atoms with Gasteiger partial charge in [0, 0.05) is 57.4 Å². The summed E-state index contributed by atoms with van der Waals surface area (Å²) in [5, 5.41) is 0.723. The van der Waals surface area contributed by atoms with Gasteiger partial charge in [-0.15, -0.1) is 0 Å². The zero-order valence-corrected chi connectivity index (χ0v) is 23.8. The standard InChI is InChI=1S/C29H39ClN4O4/c1-29(2,3)34(20-26(35)31(4)5)28(37)38-21-27(36)33-16-6-15-32(17-18-33)19-22-7-9-23(10-8-22)24-11-13-25(30)14-12-24/h7-14H,6,15-21H2,1-5H3. The fourth-order valence-electron chi connectivity index (χ4n) is 4.23. The van der Waals surface area contributed by atoms with Crippen molar-refractivity contribution >= 4 is 29.5 Å². The quantitative estimate of drug-likeness (QED) is 0.519. The van der Waals surface area contributed by atoms with Crippen molar-refractivity contribution < 1.29 is 19.1 Å². The summed E-state index contributed by atoms with van der Waals surface area (Å²) in [6.45, 7) is 8.65. The van der Waals surface area contributed by atoms with Gasteiger partial charge in [-0.2, -0.15) is 0 Å². The highest BCUT2D eigenvalue weighted by molar-refractivity contribution is 6.30. The number of hydrogen-bond acceptors (Lipinski definition) is 5. The molecule has 1 heterocycles. The van der Waals surface area contributed by atoms with Gasteiger partial charge in [-0.1, -0.05) is 48.0 Å². The fraction of sp³-hybridized carbons (Fsp3) is 0.483. The zero-order valence-electron chi connectivity index (χ0n) is 23.1. The zero-order chi connectivity index (χ0) is 27.9. The molecule has 206 valence electrons. The lowest BCUT2D eigenvalue weighted by molar-refractivity contribution is -0.135. The average molecular weight is 543 g/mol. The molecule has 3 amide bonds. The molecule has 3 rings (SSSR count). The minimum Gasteiger partial charge on any atom is -0.439 e. The van der Waals surface area contributed by atoms with Gasteiger partial charge >= 0.3 is 6.09 Å². The molecule has 38 heavy (non-hydrogen) atoms. The molecule has 2 aromatic rings.